The summed E-state index contributed by atoms with van der Waals surface area (Å²) in [5, 5.41) is 18.3. The predicted molar refractivity (Wildman–Crippen MR) is 100.0 cm³/mol. The van der Waals surface area contributed by atoms with E-state index in [0.29, 0.717) is 18.3 Å². The van der Waals surface area contributed by atoms with Gasteiger partial charge in [0.25, 0.3) is 0 Å². The van der Waals surface area contributed by atoms with Crippen molar-refractivity contribution in [1.82, 2.24) is 20.1 Å². The maximum absolute atomic E-state index is 13.2. The Kier molecular flexibility index (Phi) is 3.69. The van der Waals surface area contributed by atoms with E-state index in [2.05, 4.69) is 15.4 Å². The van der Waals surface area contributed by atoms with Gasteiger partial charge in [-0.05, 0) is 75.0 Å². The highest BCUT2D eigenvalue weighted by molar-refractivity contribution is 5.83. The van der Waals surface area contributed by atoms with Gasteiger partial charge in [0.2, 0.25) is 5.91 Å². The van der Waals surface area contributed by atoms with Crippen molar-refractivity contribution in [3.05, 3.63) is 42.5 Å². The highest BCUT2D eigenvalue weighted by Gasteiger charge is 2.60. The van der Waals surface area contributed by atoms with Crippen molar-refractivity contribution >= 4 is 5.91 Å². The maximum Gasteiger partial charge on any atom is 0.226 e. The number of nitrogens with one attached hydrogen (secondary N) is 1. The molecule has 1 aromatic heterocycles. The van der Waals surface area contributed by atoms with Crippen molar-refractivity contribution in [2.45, 2.75) is 57.1 Å². The number of hydrogen-bond donors (Lipinski definition) is 2. The minimum atomic E-state index is -0.607. The molecule has 6 heteroatoms. The van der Waals surface area contributed by atoms with Gasteiger partial charge >= 0.3 is 0 Å². The summed E-state index contributed by atoms with van der Waals surface area (Å²) in [5.41, 5.74) is 1.03. The molecule has 4 bridgehead atoms. The molecule has 3 atom stereocenters. The van der Waals surface area contributed by atoms with E-state index >= 15 is 0 Å². The lowest BCUT2D eigenvalue weighted by molar-refractivity contribution is -0.178. The van der Waals surface area contributed by atoms with Crippen LogP contribution in [0.25, 0.3) is 5.69 Å². The molecule has 1 aromatic carbocycles. The summed E-state index contributed by atoms with van der Waals surface area (Å²) in [6.07, 6.45) is 8.66. The summed E-state index contributed by atoms with van der Waals surface area (Å²) < 4.78 is 1.71. The first-order chi connectivity index (χ1) is 12.9. The zero-order chi connectivity index (χ0) is 18.6. The lowest BCUT2D eigenvalue weighted by Gasteiger charge is -2.59. The zero-order valence-electron chi connectivity index (χ0n) is 15.6. The van der Waals surface area contributed by atoms with Gasteiger partial charge in [0.15, 0.2) is 0 Å². The van der Waals surface area contributed by atoms with Crippen LogP contribution in [0.15, 0.2) is 36.9 Å². The number of carbonyl (C=O) groups is 1. The molecule has 0 spiro atoms. The van der Waals surface area contributed by atoms with Crippen molar-refractivity contribution in [2.24, 2.45) is 17.3 Å². The van der Waals surface area contributed by atoms with Crippen LogP contribution in [-0.2, 0) is 4.79 Å². The van der Waals surface area contributed by atoms with E-state index in [0.717, 1.165) is 36.9 Å². The Morgan fingerprint density at radius 3 is 2.52 bits per heavy atom. The maximum atomic E-state index is 13.2. The molecular formula is C21H26N4O2. The van der Waals surface area contributed by atoms with Gasteiger partial charge in [0, 0.05) is 0 Å². The Hall–Kier alpha value is -2.21. The molecule has 2 aromatic rings. The average molecular weight is 366 g/mol. The molecule has 0 saturated heterocycles. The third-order valence-corrected chi connectivity index (χ3v) is 6.94. The number of rotatable bonds is 4. The largest absolute Gasteiger partial charge is 0.390 e. The van der Waals surface area contributed by atoms with Crippen LogP contribution in [0.5, 0.6) is 0 Å². The van der Waals surface area contributed by atoms with Gasteiger partial charge in [0.1, 0.15) is 12.7 Å². The number of aliphatic hydroxyl groups is 1. The minimum absolute atomic E-state index is 0.0649. The lowest BCUT2D eigenvalue weighted by atomic mass is 9.47. The molecule has 6 rings (SSSR count). The average Bonchev–Trinajstić information content (AvgIpc) is 3.14. The van der Waals surface area contributed by atoms with Gasteiger partial charge in [0.05, 0.1) is 22.7 Å². The van der Waals surface area contributed by atoms with Gasteiger partial charge < -0.3 is 10.4 Å². The number of nitrogens with zero attached hydrogens (tertiary/aromatic N) is 3. The highest BCUT2D eigenvalue weighted by atomic mass is 16.3. The summed E-state index contributed by atoms with van der Waals surface area (Å²) in [6.45, 7) is 2.03. The van der Waals surface area contributed by atoms with Crippen molar-refractivity contribution in [3.63, 3.8) is 0 Å². The molecule has 6 nitrogen and oxygen atoms in total. The van der Waals surface area contributed by atoms with E-state index < -0.39 is 5.60 Å². The van der Waals surface area contributed by atoms with Crippen LogP contribution in [-0.4, -0.2) is 31.4 Å². The predicted octanol–water partition coefficient (Wildman–Crippen LogP) is 2.78. The van der Waals surface area contributed by atoms with Gasteiger partial charge in [-0.1, -0.05) is 12.1 Å². The molecule has 1 heterocycles. The van der Waals surface area contributed by atoms with E-state index in [1.807, 2.05) is 31.2 Å². The molecule has 2 N–H and O–H groups in total. The molecule has 4 fully saturated rings. The summed E-state index contributed by atoms with van der Waals surface area (Å²) in [4.78, 5) is 17.2. The van der Waals surface area contributed by atoms with Crippen LogP contribution >= 0.6 is 0 Å². The monoisotopic (exact) mass is 366 g/mol. The number of carbonyl (C=O) groups excluding carboxylic acids is 1. The molecule has 4 aliphatic carbocycles. The molecule has 1 amide bonds. The SMILES string of the molecule is C[C@@H](NC(=O)C12C[C@H]3C[C@@H](CC(O)(C3)C1)C2)c1ccc(-n2cncn2)cc1. The third kappa shape index (κ3) is 2.87. The van der Waals surface area contributed by atoms with Crippen molar-refractivity contribution in [2.75, 3.05) is 0 Å². The summed E-state index contributed by atoms with van der Waals surface area (Å²) in [6, 6.07) is 7.95. The molecule has 4 aliphatic rings. The van der Waals surface area contributed by atoms with Crippen molar-refractivity contribution in [3.8, 4) is 5.69 Å². The van der Waals surface area contributed by atoms with Gasteiger partial charge in [-0.25, -0.2) is 9.67 Å². The number of amides is 1. The molecule has 0 radical (unpaired) electrons. The van der Waals surface area contributed by atoms with E-state index in [1.165, 1.54) is 12.7 Å². The fraction of sp³-hybridized carbons (Fsp3) is 0.571. The number of hydrogen-bond acceptors (Lipinski definition) is 4. The standard InChI is InChI=1S/C21H26N4O2/c1-14(17-2-4-18(5-3-17)25-13-22-12-23-25)24-19(26)20-7-15-6-16(8-20)10-21(27,9-15)11-20/h2-5,12-16,27H,6-11H2,1H3,(H,24,26)/t14-,15-,16-,20?,21?/m1/s1. The van der Waals surface area contributed by atoms with E-state index in [-0.39, 0.29) is 17.4 Å². The summed E-state index contributed by atoms with van der Waals surface area (Å²) >= 11 is 0. The van der Waals surface area contributed by atoms with Crippen LogP contribution in [0.1, 0.15) is 57.1 Å². The summed E-state index contributed by atoms with van der Waals surface area (Å²) in [5.74, 6) is 1.15. The highest BCUT2D eigenvalue weighted by Crippen LogP contribution is 2.61. The molecule has 4 saturated carbocycles. The van der Waals surface area contributed by atoms with E-state index in [4.69, 9.17) is 0 Å². The van der Waals surface area contributed by atoms with Gasteiger partial charge in [-0.3, -0.25) is 4.79 Å². The smallest absolute Gasteiger partial charge is 0.226 e. The first-order valence-corrected chi connectivity index (χ1v) is 9.93. The molecule has 0 aliphatic heterocycles. The lowest BCUT2D eigenvalue weighted by Crippen LogP contribution is -2.60. The number of aromatic nitrogens is 3. The Labute approximate surface area is 159 Å². The Balaban J connectivity index is 1.31. The molecule has 0 unspecified atom stereocenters. The fourth-order valence-corrected chi connectivity index (χ4v) is 6.17. The van der Waals surface area contributed by atoms with Crippen LogP contribution in [0.2, 0.25) is 0 Å². The quantitative estimate of drug-likeness (QED) is 0.872. The zero-order valence-corrected chi connectivity index (χ0v) is 15.6. The van der Waals surface area contributed by atoms with Crippen LogP contribution in [0.4, 0.5) is 0 Å². The van der Waals surface area contributed by atoms with Crippen LogP contribution in [0.3, 0.4) is 0 Å². The van der Waals surface area contributed by atoms with Crippen molar-refractivity contribution in [1.29, 1.82) is 0 Å². The Bertz CT molecular complexity index is 832. The fourth-order valence-electron chi connectivity index (χ4n) is 6.17. The second kappa shape index (κ2) is 5.89. The second-order valence-corrected chi connectivity index (χ2v) is 9.09. The Morgan fingerprint density at radius 2 is 1.93 bits per heavy atom. The first-order valence-electron chi connectivity index (χ1n) is 9.93. The van der Waals surface area contributed by atoms with Gasteiger partial charge in [-0.15, -0.1) is 0 Å². The minimum Gasteiger partial charge on any atom is -0.390 e. The molecule has 142 valence electrons. The second-order valence-electron chi connectivity index (χ2n) is 9.09. The van der Waals surface area contributed by atoms with Crippen LogP contribution in [0, 0.1) is 17.3 Å². The molecule has 27 heavy (non-hydrogen) atoms. The topological polar surface area (TPSA) is 80.0 Å². The molecular weight excluding hydrogens is 340 g/mol. The third-order valence-electron chi connectivity index (χ3n) is 6.94. The van der Waals surface area contributed by atoms with Crippen molar-refractivity contribution < 1.29 is 9.90 Å². The van der Waals surface area contributed by atoms with E-state index in [9.17, 15) is 9.90 Å². The normalized spacial score (nSPS) is 35.2. The van der Waals surface area contributed by atoms with E-state index in [1.54, 1.807) is 11.0 Å². The number of benzene rings is 1. The first kappa shape index (κ1) is 16.9. The summed E-state index contributed by atoms with van der Waals surface area (Å²) in [7, 11) is 0. The Morgan fingerprint density at radius 1 is 1.22 bits per heavy atom. The van der Waals surface area contributed by atoms with Crippen LogP contribution < -0.4 is 5.32 Å². The van der Waals surface area contributed by atoms with Gasteiger partial charge in [-0.2, -0.15) is 5.10 Å².